The topological polar surface area (TPSA) is 43.1 Å². The molecule has 0 aromatic heterocycles. The van der Waals surface area contributed by atoms with Gasteiger partial charge in [0.2, 0.25) is 5.54 Å². The van der Waals surface area contributed by atoms with E-state index in [0.717, 1.165) is 31.5 Å². The molecule has 1 aromatic rings. The van der Waals surface area contributed by atoms with Crippen LogP contribution in [0.5, 0.6) is 0 Å². The maximum atomic E-state index is 12.9. The lowest BCUT2D eigenvalue weighted by atomic mass is 9.80. The average Bonchev–Trinajstić information content (AvgIpc) is 2.72. The number of carbonyl (C=O) groups excluding carboxylic acids is 1. The third kappa shape index (κ3) is 6.34. The average molecular weight is 390 g/mol. The highest BCUT2D eigenvalue weighted by Gasteiger charge is 2.52. The van der Waals surface area contributed by atoms with Crippen LogP contribution in [0.25, 0.3) is 0 Å². The van der Waals surface area contributed by atoms with Crippen LogP contribution in [-0.2, 0) is 10.3 Å². The zero-order valence-corrected chi connectivity index (χ0v) is 19.0. The summed E-state index contributed by atoms with van der Waals surface area (Å²) >= 11 is 0. The van der Waals surface area contributed by atoms with Crippen LogP contribution in [-0.4, -0.2) is 30.5 Å². The molecule has 0 saturated carbocycles. The van der Waals surface area contributed by atoms with Gasteiger partial charge in [-0.1, -0.05) is 95.0 Å². The molecule has 3 nitrogen and oxygen atoms in total. The second-order valence-corrected chi connectivity index (χ2v) is 8.55. The van der Waals surface area contributed by atoms with Crippen molar-refractivity contribution in [3.05, 3.63) is 35.9 Å². The van der Waals surface area contributed by atoms with Gasteiger partial charge in [-0.3, -0.25) is 4.79 Å². The van der Waals surface area contributed by atoms with E-state index in [1.807, 2.05) is 18.2 Å². The Hall–Kier alpha value is -1.35. The van der Waals surface area contributed by atoms with Crippen molar-refractivity contribution in [1.82, 2.24) is 0 Å². The molecule has 2 N–H and O–H groups in total. The number of unbranched alkanes of at least 4 members (excludes halogenated alkanes) is 9. The van der Waals surface area contributed by atoms with Crippen molar-refractivity contribution in [2.75, 3.05) is 20.1 Å². The molecule has 3 heteroatoms. The number of nitrogens with zero attached hydrogens (tertiary/aromatic N) is 1. The minimum atomic E-state index is -0.634. The van der Waals surface area contributed by atoms with Crippen molar-refractivity contribution in [1.29, 1.82) is 0 Å². The molecule has 1 amide bonds. The lowest BCUT2D eigenvalue weighted by Crippen LogP contribution is -2.65. The highest BCUT2D eigenvalue weighted by Crippen LogP contribution is 2.39. The zero-order valence-electron chi connectivity index (χ0n) is 19.0. The lowest BCUT2D eigenvalue weighted by Gasteiger charge is -2.48. The number of benzene rings is 1. The molecule has 0 heterocycles. The van der Waals surface area contributed by atoms with Gasteiger partial charge in [-0.25, -0.2) is 0 Å². The molecule has 28 heavy (non-hydrogen) atoms. The van der Waals surface area contributed by atoms with E-state index in [2.05, 4.69) is 40.0 Å². The van der Waals surface area contributed by atoms with Crippen LogP contribution in [0.4, 0.5) is 0 Å². The van der Waals surface area contributed by atoms with Gasteiger partial charge in [0.25, 0.3) is 5.91 Å². The number of hydrogen-bond acceptors (Lipinski definition) is 1. The first-order chi connectivity index (χ1) is 13.5. The molecular formula is C25H45N2O+. The number of carbonyl (C=O) groups is 1. The van der Waals surface area contributed by atoms with Gasteiger partial charge in [0.15, 0.2) is 0 Å². The second-order valence-electron chi connectivity index (χ2n) is 8.55. The summed E-state index contributed by atoms with van der Waals surface area (Å²) in [6.07, 6.45) is 13.8. The SMILES string of the molecule is CCCCCCCCCCCCC(C(N)=O)(c1ccccc1)[N+](C)(CC)CC. The molecule has 0 radical (unpaired) electrons. The fourth-order valence-electron chi connectivity index (χ4n) is 4.60. The molecule has 0 aliphatic heterocycles. The molecule has 0 saturated heterocycles. The van der Waals surface area contributed by atoms with Gasteiger partial charge in [0.1, 0.15) is 0 Å². The van der Waals surface area contributed by atoms with Crippen molar-refractivity contribution < 1.29 is 9.28 Å². The Balaban J connectivity index is 2.69. The highest BCUT2D eigenvalue weighted by molar-refractivity contribution is 5.85. The summed E-state index contributed by atoms with van der Waals surface area (Å²) in [6, 6.07) is 10.2. The number of amides is 1. The van der Waals surface area contributed by atoms with Gasteiger partial charge in [-0.05, 0) is 20.3 Å². The van der Waals surface area contributed by atoms with Crippen LogP contribution in [0.2, 0.25) is 0 Å². The third-order valence-corrected chi connectivity index (χ3v) is 6.87. The monoisotopic (exact) mass is 389 g/mol. The molecule has 1 rings (SSSR count). The molecule has 160 valence electrons. The van der Waals surface area contributed by atoms with Crippen molar-refractivity contribution in [3.63, 3.8) is 0 Å². The predicted molar refractivity (Wildman–Crippen MR) is 121 cm³/mol. The van der Waals surface area contributed by atoms with E-state index in [9.17, 15) is 4.79 Å². The van der Waals surface area contributed by atoms with Gasteiger partial charge < -0.3 is 10.2 Å². The van der Waals surface area contributed by atoms with Crippen molar-refractivity contribution in [2.24, 2.45) is 5.73 Å². The Kier molecular flexibility index (Phi) is 11.4. The van der Waals surface area contributed by atoms with Gasteiger partial charge in [-0.15, -0.1) is 0 Å². The Morgan fingerprint density at radius 2 is 1.29 bits per heavy atom. The van der Waals surface area contributed by atoms with Crippen molar-refractivity contribution >= 4 is 5.91 Å². The predicted octanol–water partition coefficient (Wildman–Crippen LogP) is 6.16. The first-order valence-electron chi connectivity index (χ1n) is 11.7. The zero-order chi connectivity index (χ0) is 20.9. The number of primary amides is 1. The largest absolute Gasteiger partial charge is 0.364 e. The Labute approximate surface area is 174 Å². The molecule has 1 unspecified atom stereocenters. The summed E-state index contributed by atoms with van der Waals surface area (Å²) in [5.41, 5.74) is 6.55. The molecular weight excluding hydrogens is 344 g/mol. The standard InChI is InChI=1S/C25H44N2O/c1-5-8-9-10-11-12-13-14-15-19-22-25(24(26)28,27(4,6-2)7-3)23-20-17-16-18-21-23/h16-18,20-21H,5-15,19,22H2,1-4H3,(H-,26,28)/p+1. The summed E-state index contributed by atoms with van der Waals surface area (Å²) in [7, 11) is 2.19. The molecule has 0 aliphatic carbocycles. The van der Waals surface area contributed by atoms with E-state index in [1.165, 1.54) is 57.8 Å². The molecule has 1 atom stereocenters. The van der Waals surface area contributed by atoms with Crippen molar-refractivity contribution in [3.8, 4) is 0 Å². The molecule has 0 spiro atoms. The summed E-state index contributed by atoms with van der Waals surface area (Å²) in [4.78, 5) is 12.9. The van der Waals surface area contributed by atoms with E-state index in [-0.39, 0.29) is 5.91 Å². The van der Waals surface area contributed by atoms with Gasteiger partial charge >= 0.3 is 0 Å². The minimum Gasteiger partial charge on any atom is -0.364 e. The minimum absolute atomic E-state index is 0.180. The number of hydrogen-bond donors (Lipinski definition) is 1. The van der Waals surface area contributed by atoms with Crippen LogP contribution in [0, 0.1) is 0 Å². The van der Waals surface area contributed by atoms with E-state index in [0.29, 0.717) is 4.48 Å². The number of likely N-dealkylation sites (N-methyl/N-ethyl adjacent to an activating group) is 1. The quantitative estimate of drug-likeness (QED) is 0.267. The number of quaternary nitrogens is 1. The van der Waals surface area contributed by atoms with Crippen LogP contribution >= 0.6 is 0 Å². The molecule has 1 aromatic carbocycles. The fourth-order valence-corrected chi connectivity index (χ4v) is 4.60. The van der Waals surface area contributed by atoms with E-state index in [4.69, 9.17) is 5.73 Å². The Bertz CT molecular complexity index is 539. The smallest absolute Gasteiger partial charge is 0.283 e. The van der Waals surface area contributed by atoms with Crippen molar-refractivity contribution in [2.45, 2.75) is 96.9 Å². The molecule has 0 aliphatic rings. The number of nitrogens with two attached hydrogens (primary N) is 1. The second kappa shape index (κ2) is 13.0. The first-order valence-corrected chi connectivity index (χ1v) is 11.7. The maximum absolute atomic E-state index is 12.9. The normalized spacial score (nSPS) is 14.0. The highest BCUT2D eigenvalue weighted by atomic mass is 16.2. The summed E-state index contributed by atoms with van der Waals surface area (Å²) < 4.78 is 0.670. The summed E-state index contributed by atoms with van der Waals surface area (Å²) in [5, 5.41) is 0. The van der Waals surface area contributed by atoms with E-state index < -0.39 is 5.54 Å². The fraction of sp³-hybridized carbons (Fsp3) is 0.720. The molecule has 0 bridgehead atoms. The Morgan fingerprint density at radius 1 is 0.821 bits per heavy atom. The van der Waals surface area contributed by atoms with E-state index >= 15 is 0 Å². The number of rotatable bonds is 16. The lowest BCUT2D eigenvalue weighted by molar-refractivity contribution is -0.954. The first kappa shape index (κ1) is 24.7. The summed E-state index contributed by atoms with van der Waals surface area (Å²) in [6.45, 7) is 8.39. The van der Waals surface area contributed by atoms with Crippen LogP contribution < -0.4 is 5.73 Å². The van der Waals surface area contributed by atoms with Crippen LogP contribution in [0.15, 0.2) is 30.3 Å². The van der Waals surface area contributed by atoms with Crippen LogP contribution in [0.3, 0.4) is 0 Å². The van der Waals surface area contributed by atoms with E-state index in [1.54, 1.807) is 0 Å². The Morgan fingerprint density at radius 3 is 1.71 bits per heavy atom. The molecule has 0 fully saturated rings. The van der Waals surface area contributed by atoms with Crippen LogP contribution in [0.1, 0.15) is 97.0 Å². The van der Waals surface area contributed by atoms with Gasteiger partial charge in [0.05, 0.1) is 20.1 Å². The van der Waals surface area contributed by atoms with Gasteiger partial charge in [-0.2, -0.15) is 0 Å². The summed E-state index contributed by atoms with van der Waals surface area (Å²) in [5.74, 6) is -0.180. The van der Waals surface area contributed by atoms with Gasteiger partial charge in [0, 0.05) is 12.0 Å². The maximum Gasteiger partial charge on any atom is 0.283 e. The third-order valence-electron chi connectivity index (χ3n) is 6.87.